The van der Waals surface area contributed by atoms with Gasteiger partial charge in [-0.3, -0.25) is 4.68 Å². The fourth-order valence-electron chi connectivity index (χ4n) is 2.22. The summed E-state index contributed by atoms with van der Waals surface area (Å²) >= 11 is 5.94. The van der Waals surface area contributed by atoms with Crippen LogP contribution in [0.2, 0.25) is 5.02 Å². The van der Waals surface area contributed by atoms with E-state index in [1.165, 1.54) is 11.1 Å². The number of hydrogen-bond donors (Lipinski definition) is 1. The summed E-state index contributed by atoms with van der Waals surface area (Å²) in [5, 5.41) is 8.76. The van der Waals surface area contributed by atoms with Crippen molar-refractivity contribution in [2.75, 3.05) is 6.54 Å². The SMILES string of the molecule is CCCNC(Cc1ccc(Cl)cc1)c1cnn(CC)c1. The van der Waals surface area contributed by atoms with Gasteiger partial charge in [-0.1, -0.05) is 30.7 Å². The average Bonchev–Trinajstić information content (AvgIpc) is 2.94. The minimum absolute atomic E-state index is 0.302. The summed E-state index contributed by atoms with van der Waals surface area (Å²) in [6.45, 7) is 6.20. The van der Waals surface area contributed by atoms with Crippen LogP contribution in [0.4, 0.5) is 0 Å². The smallest absolute Gasteiger partial charge is 0.0537 e. The first-order chi connectivity index (χ1) is 9.72. The molecule has 4 heteroatoms. The van der Waals surface area contributed by atoms with Gasteiger partial charge in [0.05, 0.1) is 6.20 Å². The summed E-state index contributed by atoms with van der Waals surface area (Å²) in [5.41, 5.74) is 2.53. The summed E-state index contributed by atoms with van der Waals surface area (Å²) in [5.74, 6) is 0. The molecule has 0 bridgehead atoms. The maximum atomic E-state index is 5.94. The van der Waals surface area contributed by atoms with Crippen LogP contribution in [0.15, 0.2) is 36.7 Å². The van der Waals surface area contributed by atoms with Crippen molar-refractivity contribution in [3.63, 3.8) is 0 Å². The van der Waals surface area contributed by atoms with E-state index < -0.39 is 0 Å². The number of hydrogen-bond acceptors (Lipinski definition) is 2. The third-order valence-electron chi connectivity index (χ3n) is 3.37. The Morgan fingerprint density at radius 1 is 1.25 bits per heavy atom. The first kappa shape index (κ1) is 15.1. The second-order valence-corrected chi connectivity index (χ2v) is 5.40. The number of halogens is 1. The molecule has 0 aliphatic carbocycles. The second-order valence-electron chi connectivity index (χ2n) is 4.97. The third kappa shape index (κ3) is 4.09. The Kier molecular flexibility index (Phi) is 5.62. The number of aromatic nitrogens is 2. The van der Waals surface area contributed by atoms with Crippen LogP contribution in [0.1, 0.15) is 37.4 Å². The van der Waals surface area contributed by atoms with Gasteiger partial charge < -0.3 is 5.32 Å². The molecule has 0 radical (unpaired) electrons. The minimum Gasteiger partial charge on any atom is -0.310 e. The van der Waals surface area contributed by atoms with Gasteiger partial charge in [-0.25, -0.2) is 0 Å². The molecule has 108 valence electrons. The van der Waals surface area contributed by atoms with Crippen LogP contribution in [0, 0.1) is 0 Å². The molecule has 20 heavy (non-hydrogen) atoms. The van der Waals surface area contributed by atoms with E-state index in [0.29, 0.717) is 6.04 Å². The Morgan fingerprint density at radius 2 is 2.00 bits per heavy atom. The van der Waals surface area contributed by atoms with Crippen LogP contribution in [0.5, 0.6) is 0 Å². The zero-order valence-corrected chi connectivity index (χ0v) is 12.9. The molecule has 0 saturated carbocycles. The molecule has 1 atom stereocenters. The van der Waals surface area contributed by atoms with Gasteiger partial charge in [0.2, 0.25) is 0 Å². The van der Waals surface area contributed by atoms with Crippen LogP contribution < -0.4 is 5.32 Å². The van der Waals surface area contributed by atoms with Crippen molar-refractivity contribution in [3.8, 4) is 0 Å². The van der Waals surface area contributed by atoms with E-state index in [-0.39, 0.29) is 0 Å². The molecule has 1 N–H and O–H groups in total. The van der Waals surface area contributed by atoms with Crippen LogP contribution in [-0.4, -0.2) is 16.3 Å². The quantitative estimate of drug-likeness (QED) is 0.840. The highest BCUT2D eigenvalue weighted by Crippen LogP contribution is 2.19. The molecule has 1 unspecified atom stereocenters. The predicted octanol–water partition coefficient (Wildman–Crippen LogP) is 3.84. The summed E-state index contributed by atoms with van der Waals surface area (Å²) in [4.78, 5) is 0. The molecule has 3 nitrogen and oxygen atoms in total. The number of aryl methyl sites for hydroxylation is 1. The maximum Gasteiger partial charge on any atom is 0.0537 e. The first-order valence-corrected chi connectivity index (χ1v) is 7.61. The predicted molar refractivity (Wildman–Crippen MR) is 84.1 cm³/mol. The van der Waals surface area contributed by atoms with E-state index in [1.54, 1.807) is 0 Å². The van der Waals surface area contributed by atoms with E-state index >= 15 is 0 Å². The highest BCUT2D eigenvalue weighted by atomic mass is 35.5. The van der Waals surface area contributed by atoms with E-state index in [2.05, 4.69) is 42.6 Å². The zero-order valence-electron chi connectivity index (χ0n) is 12.1. The molecule has 0 aliphatic heterocycles. The van der Waals surface area contributed by atoms with Crippen molar-refractivity contribution in [2.45, 2.75) is 39.3 Å². The second kappa shape index (κ2) is 7.46. The molecule has 0 amide bonds. The standard InChI is InChI=1S/C16H22ClN3/c1-3-9-18-16(14-11-19-20(4-2)12-14)10-13-5-7-15(17)8-6-13/h5-8,11-12,16,18H,3-4,9-10H2,1-2H3. The van der Waals surface area contributed by atoms with Gasteiger partial charge in [-0.15, -0.1) is 0 Å². The molecule has 2 aromatic rings. The summed E-state index contributed by atoms with van der Waals surface area (Å²) < 4.78 is 1.97. The summed E-state index contributed by atoms with van der Waals surface area (Å²) in [6, 6.07) is 8.38. The molecule has 0 spiro atoms. The zero-order chi connectivity index (χ0) is 14.4. The van der Waals surface area contributed by atoms with Crippen LogP contribution in [0.25, 0.3) is 0 Å². The van der Waals surface area contributed by atoms with E-state index in [1.807, 2.05) is 23.0 Å². The van der Waals surface area contributed by atoms with E-state index in [4.69, 9.17) is 11.6 Å². The molecule has 1 aromatic carbocycles. The lowest BCUT2D eigenvalue weighted by molar-refractivity contribution is 0.528. The van der Waals surface area contributed by atoms with Crippen molar-refractivity contribution >= 4 is 11.6 Å². The van der Waals surface area contributed by atoms with Gasteiger partial charge in [0.15, 0.2) is 0 Å². The summed E-state index contributed by atoms with van der Waals surface area (Å²) in [6.07, 6.45) is 6.17. The van der Waals surface area contributed by atoms with Crippen molar-refractivity contribution < 1.29 is 0 Å². The topological polar surface area (TPSA) is 29.9 Å². The first-order valence-electron chi connectivity index (χ1n) is 7.23. The lowest BCUT2D eigenvalue weighted by Gasteiger charge is -2.17. The number of nitrogens with one attached hydrogen (secondary N) is 1. The lowest BCUT2D eigenvalue weighted by Crippen LogP contribution is -2.23. The van der Waals surface area contributed by atoms with Crippen LogP contribution in [-0.2, 0) is 13.0 Å². The van der Waals surface area contributed by atoms with Crippen molar-refractivity contribution in [2.24, 2.45) is 0 Å². The number of benzene rings is 1. The molecule has 0 saturated heterocycles. The molecule has 0 aliphatic rings. The minimum atomic E-state index is 0.302. The molecule has 1 aromatic heterocycles. The average molecular weight is 292 g/mol. The van der Waals surface area contributed by atoms with Gasteiger partial charge in [-0.2, -0.15) is 5.10 Å². The Morgan fingerprint density at radius 3 is 2.60 bits per heavy atom. The van der Waals surface area contributed by atoms with Crippen molar-refractivity contribution in [1.82, 2.24) is 15.1 Å². The Balaban J connectivity index is 2.12. The molecular weight excluding hydrogens is 270 g/mol. The number of rotatable bonds is 7. The fourth-order valence-corrected chi connectivity index (χ4v) is 2.34. The summed E-state index contributed by atoms with van der Waals surface area (Å²) in [7, 11) is 0. The van der Waals surface area contributed by atoms with Crippen LogP contribution >= 0.6 is 11.6 Å². The third-order valence-corrected chi connectivity index (χ3v) is 3.63. The van der Waals surface area contributed by atoms with Crippen molar-refractivity contribution in [1.29, 1.82) is 0 Å². The monoisotopic (exact) mass is 291 g/mol. The van der Waals surface area contributed by atoms with Gasteiger partial charge in [0.1, 0.15) is 0 Å². The Bertz CT molecular complexity index is 519. The highest BCUT2D eigenvalue weighted by molar-refractivity contribution is 6.30. The van der Waals surface area contributed by atoms with E-state index in [9.17, 15) is 0 Å². The van der Waals surface area contributed by atoms with Gasteiger partial charge in [0.25, 0.3) is 0 Å². The van der Waals surface area contributed by atoms with Gasteiger partial charge in [0, 0.05) is 29.4 Å². The maximum absolute atomic E-state index is 5.94. The Labute approximate surface area is 126 Å². The fraction of sp³-hybridized carbons (Fsp3) is 0.438. The van der Waals surface area contributed by atoms with Gasteiger partial charge in [-0.05, 0) is 44.0 Å². The molecule has 0 fully saturated rings. The Hall–Kier alpha value is -1.32. The molecule has 2 rings (SSSR count). The molecular formula is C16H22ClN3. The largest absolute Gasteiger partial charge is 0.310 e. The van der Waals surface area contributed by atoms with Gasteiger partial charge >= 0.3 is 0 Å². The highest BCUT2D eigenvalue weighted by Gasteiger charge is 2.13. The normalized spacial score (nSPS) is 12.6. The number of nitrogens with zero attached hydrogens (tertiary/aromatic N) is 2. The van der Waals surface area contributed by atoms with Crippen LogP contribution in [0.3, 0.4) is 0 Å². The van der Waals surface area contributed by atoms with E-state index in [0.717, 1.165) is 31.0 Å². The van der Waals surface area contributed by atoms with Crippen molar-refractivity contribution in [3.05, 3.63) is 52.8 Å². The molecule has 1 heterocycles. The lowest BCUT2D eigenvalue weighted by atomic mass is 10.0.